The molecule has 0 aromatic carbocycles. The molecule has 0 saturated heterocycles. The Hall–Kier alpha value is -2.90. The third-order valence-corrected chi connectivity index (χ3v) is 4.38. The lowest BCUT2D eigenvalue weighted by atomic mass is 10.1. The molecule has 27 heavy (non-hydrogen) atoms. The van der Waals surface area contributed by atoms with Crippen LogP contribution in [-0.2, 0) is 12.7 Å². The molecule has 1 saturated carbocycles. The van der Waals surface area contributed by atoms with Gasteiger partial charge in [0, 0.05) is 24.5 Å². The van der Waals surface area contributed by atoms with Crippen molar-refractivity contribution in [2.24, 2.45) is 5.92 Å². The first-order valence-electron chi connectivity index (χ1n) is 8.68. The van der Waals surface area contributed by atoms with Gasteiger partial charge in [-0.2, -0.15) is 18.3 Å². The van der Waals surface area contributed by atoms with Crippen LogP contribution in [-0.4, -0.2) is 19.7 Å². The number of rotatable bonds is 5. The van der Waals surface area contributed by atoms with Gasteiger partial charge in [0.1, 0.15) is 11.6 Å². The number of pyridine rings is 2. The number of hydrogen-bond acceptors (Lipinski definition) is 4. The quantitative estimate of drug-likeness (QED) is 0.697. The molecule has 3 aromatic heterocycles. The van der Waals surface area contributed by atoms with Crippen LogP contribution in [0.2, 0.25) is 0 Å². The Balaban J connectivity index is 1.58. The zero-order valence-corrected chi connectivity index (χ0v) is 14.7. The Labute approximate surface area is 154 Å². The number of hydrogen-bond donors (Lipinski definition) is 1. The summed E-state index contributed by atoms with van der Waals surface area (Å²) in [5, 5.41) is 7.24. The van der Waals surface area contributed by atoms with Crippen molar-refractivity contribution in [2.75, 3.05) is 5.32 Å². The summed E-state index contributed by atoms with van der Waals surface area (Å²) in [5.41, 5.74) is 1.77. The molecular formula is C19H18F3N5. The fourth-order valence-corrected chi connectivity index (χ4v) is 2.85. The van der Waals surface area contributed by atoms with E-state index in [0.717, 1.165) is 36.0 Å². The second-order valence-electron chi connectivity index (χ2n) is 6.86. The highest BCUT2D eigenvalue weighted by molar-refractivity contribution is 5.63. The van der Waals surface area contributed by atoms with Gasteiger partial charge in [0.2, 0.25) is 0 Å². The summed E-state index contributed by atoms with van der Waals surface area (Å²) in [6, 6.07) is 5.59. The first-order chi connectivity index (χ1) is 12.9. The lowest BCUT2D eigenvalue weighted by Gasteiger charge is -2.10. The number of anilines is 2. The minimum Gasteiger partial charge on any atom is -0.325 e. The second-order valence-corrected chi connectivity index (χ2v) is 6.86. The molecule has 1 fully saturated rings. The molecule has 0 radical (unpaired) electrons. The van der Waals surface area contributed by atoms with E-state index in [2.05, 4.69) is 20.4 Å². The SMILES string of the molecule is Cc1cc(Nc2cc(C(F)(F)F)ccn2)nc(-c2cnn(CC3CC3)c2)c1. The summed E-state index contributed by atoms with van der Waals surface area (Å²) < 4.78 is 40.5. The van der Waals surface area contributed by atoms with Gasteiger partial charge >= 0.3 is 6.18 Å². The van der Waals surface area contributed by atoms with Crippen LogP contribution in [0.5, 0.6) is 0 Å². The minimum absolute atomic E-state index is 0.0957. The standard InChI is InChI=1S/C19H18F3N5/c1-12-6-16(14-9-24-27(11-14)10-13-2-3-13)25-18(7-12)26-17-8-15(4-5-23-17)19(20,21)22/h4-9,11,13H,2-3,10H2,1H3,(H,23,25,26). The third-order valence-electron chi connectivity index (χ3n) is 4.38. The molecule has 0 unspecified atom stereocenters. The molecule has 0 aliphatic heterocycles. The van der Waals surface area contributed by atoms with E-state index in [9.17, 15) is 13.2 Å². The van der Waals surface area contributed by atoms with E-state index in [1.807, 2.05) is 23.9 Å². The number of aryl methyl sites for hydroxylation is 1. The zero-order valence-electron chi connectivity index (χ0n) is 14.7. The molecule has 0 bridgehead atoms. The second kappa shape index (κ2) is 6.68. The number of nitrogens with zero attached hydrogens (tertiary/aromatic N) is 4. The number of aromatic nitrogens is 4. The summed E-state index contributed by atoms with van der Waals surface area (Å²) in [4.78, 5) is 8.47. The van der Waals surface area contributed by atoms with E-state index < -0.39 is 11.7 Å². The summed E-state index contributed by atoms with van der Waals surface area (Å²) in [6.07, 6.45) is 2.92. The molecule has 3 heterocycles. The topological polar surface area (TPSA) is 55.6 Å². The van der Waals surface area contributed by atoms with Crippen LogP contribution in [0.25, 0.3) is 11.3 Å². The molecule has 1 N–H and O–H groups in total. The molecule has 140 valence electrons. The van der Waals surface area contributed by atoms with Crippen LogP contribution in [0.4, 0.5) is 24.8 Å². The Kier molecular flexibility index (Phi) is 4.33. The van der Waals surface area contributed by atoms with Crippen molar-refractivity contribution in [3.63, 3.8) is 0 Å². The molecule has 8 heteroatoms. The average Bonchev–Trinajstić information content (AvgIpc) is 3.28. The molecule has 4 rings (SSSR count). The van der Waals surface area contributed by atoms with Crippen molar-refractivity contribution in [3.05, 3.63) is 54.0 Å². The first kappa shape index (κ1) is 17.5. The third kappa shape index (κ3) is 4.27. The maximum absolute atomic E-state index is 12.9. The molecule has 0 amide bonds. The van der Waals surface area contributed by atoms with E-state index >= 15 is 0 Å². The fraction of sp³-hybridized carbons (Fsp3) is 0.316. The van der Waals surface area contributed by atoms with Crippen molar-refractivity contribution in [1.82, 2.24) is 19.7 Å². The summed E-state index contributed by atoms with van der Waals surface area (Å²) in [7, 11) is 0. The van der Waals surface area contributed by atoms with Gasteiger partial charge in [-0.3, -0.25) is 4.68 Å². The van der Waals surface area contributed by atoms with Crippen LogP contribution in [0.1, 0.15) is 24.0 Å². The van der Waals surface area contributed by atoms with Gasteiger partial charge in [0.05, 0.1) is 17.5 Å². The van der Waals surface area contributed by atoms with Gasteiger partial charge < -0.3 is 5.32 Å². The van der Waals surface area contributed by atoms with Gasteiger partial charge in [0.15, 0.2) is 0 Å². The van der Waals surface area contributed by atoms with E-state index in [1.54, 1.807) is 12.3 Å². The number of nitrogens with one attached hydrogen (secondary N) is 1. The smallest absolute Gasteiger partial charge is 0.325 e. The minimum atomic E-state index is -4.42. The maximum atomic E-state index is 12.9. The fourth-order valence-electron chi connectivity index (χ4n) is 2.85. The van der Waals surface area contributed by atoms with Crippen LogP contribution in [0.3, 0.4) is 0 Å². The van der Waals surface area contributed by atoms with E-state index in [0.29, 0.717) is 17.4 Å². The maximum Gasteiger partial charge on any atom is 0.416 e. The van der Waals surface area contributed by atoms with Gasteiger partial charge in [-0.25, -0.2) is 9.97 Å². The molecule has 1 aliphatic rings. The monoisotopic (exact) mass is 373 g/mol. The lowest BCUT2D eigenvalue weighted by molar-refractivity contribution is -0.137. The zero-order chi connectivity index (χ0) is 19.0. The first-order valence-corrected chi connectivity index (χ1v) is 8.68. The van der Waals surface area contributed by atoms with E-state index in [-0.39, 0.29) is 5.82 Å². The highest BCUT2D eigenvalue weighted by Crippen LogP contribution is 2.32. The Bertz CT molecular complexity index is 960. The lowest BCUT2D eigenvalue weighted by Crippen LogP contribution is -2.06. The Morgan fingerprint density at radius 1 is 1.19 bits per heavy atom. The normalized spacial score (nSPS) is 14.4. The molecule has 5 nitrogen and oxygen atoms in total. The van der Waals surface area contributed by atoms with Gasteiger partial charge in [-0.1, -0.05) is 0 Å². The number of alkyl halides is 3. The molecule has 1 aliphatic carbocycles. The molecule has 0 atom stereocenters. The summed E-state index contributed by atoms with van der Waals surface area (Å²) in [5.74, 6) is 1.25. The van der Waals surface area contributed by atoms with Crippen molar-refractivity contribution < 1.29 is 13.2 Å². The van der Waals surface area contributed by atoms with Crippen molar-refractivity contribution in [1.29, 1.82) is 0 Å². The average molecular weight is 373 g/mol. The molecule has 0 spiro atoms. The predicted octanol–water partition coefficient (Wildman–Crippen LogP) is 4.82. The van der Waals surface area contributed by atoms with Crippen LogP contribution in [0, 0.1) is 12.8 Å². The highest BCUT2D eigenvalue weighted by atomic mass is 19.4. The van der Waals surface area contributed by atoms with E-state index in [1.165, 1.54) is 12.8 Å². The largest absolute Gasteiger partial charge is 0.416 e. The van der Waals surface area contributed by atoms with Crippen molar-refractivity contribution >= 4 is 11.6 Å². The highest BCUT2D eigenvalue weighted by Gasteiger charge is 2.30. The number of halogens is 3. The summed E-state index contributed by atoms with van der Waals surface area (Å²) in [6.45, 7) is 2.82. The van der Waals surface area contributed by atoms with Crippen LogP contribution < -0.4 is 5.32 Å². The predicted molar refractivity (Wildman–Crippen MR) is 95.4 cm³/mol. The van der Waals surface area contributed by atoms with Crippen LogP contribution in [0.15, 0.2) is 42.9 Å². The van der Waals surface area contributed by atoms with Crippen LogP contribution >= 0.6 is 0 Å². The molecular weight excluding hydrogens is 355 g/mol. The summed E-state index contributed by atoms with van der Waals surface area (Å²) >= 11 is 0. The van der Waals surface area contributed by atoms with Crippen molar-refractivity contribution in [2.45, 2.75) is 32.5 Å². The Morgan fingerprint density at radius 3 is 2.74 bits per heavy atom. The molecule has 3 aromatic rings. The van der Waals surface area contributed by atoms with Gasteiger partial charge in [-0.05, 0) is 55.5 Å². The van der Waals surface area contributed by atoms with Crippen molar-refractivity contribution in [3.8, 4) is 11.3 Å². The van der Waals surface area contributed by atoms with Gasteiger partial charge in [-0.15, -0.1) is 0 Å². The van der Waals surface area contributed by atoms with E-state index in [4.69, 9.17) is 0 Å². The van der Waals surface area contributed by atoms with Gasteiger partial charge in [0.25, 0.3) is 0 Å². The Morgan fingerprint density at radius 2 is 2.00 bits per heavy atom.